The van der Waals surface area contributed by atoms with Crippen LogP contribution in [0.25, 0.3) is 0 Å². The lowest BCUT2D eigenvalue weighted by atomic mass is 10.0. The highest BCUT2D eigenvalue weighted by molar-refractivity contribution is 9.10. The standard InChI is InChI=1S/C12H15BrFNO/c13-9-4-8(5-10(14)7-9)6-11(15)12-2-1-3-16-12/h4-5,7,11-12H,1-3,6,15H2. The summed E-state index contributed by atoms with van der Waals surface area (Å²) in [6.45, 7) is 0.797. The monoisotopic (exact) mass is 287 g/mol. The van der Waals surface area contributed by atoms with Gasteiger partial charge in [0.15, 0.2) is 0 Å². The van der Waals surface area contributed by atoms with Gasteiger partial charge in [-0.25, -0.2) is 4.39 Å². The molecule has 4 heteroatoms. The van der Waals surface area contributed by atoms with Crippen molar-refractivity contribution < 1.29 is 9.13 Å². The maximum Gasteiger partial charge on any atom is 0.124 e. The van der Waals surface area contributed by atoms with Crippen molar-refractivity contribution in [1.29, 1.82) is 0 Å². The van der Waals surface area contributed by atoms with Crippen molar-refractivity contribution >= 4 is 15.9 Å². The molecule has 2 atom stereocenters. The second kappa shape index (κ2) is 5.25. The lowest BCUT2D eigenvalue weighted by Crippen LogP contribution is -2.36. The van der Waals surface area contributed by atoms with Gasteiger partial charge in [-0.15, -0.1) is 0 Å². The van der Waals surface area contributed by atoms with Gasteiger partial charge in [0, 0.05) is 17.1 Å². The zero-order valence-corrected chi connectivity index (χ0v) is 10.5. The van der Waals surface area contributed by atoms with E-state index in [0.717, 1.165) is 29.5 Å². The largest absolute Gasteiger partial charge is 0.377 e. The van der Waals surface area contributed by atoms with Gasteiger partial charge >= 0.3 is 0 Å². The quantitative estimate of drug-likeness (QED) is 0.928. The average molecular weight is 288 g/mol. The van der Waals surface area contributed by atoms with Crippen molar-refractivity contribution in [2.45, 2.75) is 31.4 Å². The van der Waals surface area contributed by atoms with Crippen LogP contribution in [0.15, 0.2) is 22.7 Å². The summed E-state index contributed by atoms with van der Waals surface area (Å²) < 4.78 is 19.4. The molecule has 2 N–H and O–H groups in total. The van der Waals surface area contributed by atoms with Crippen molar-refractivity contribution in [3.63, 3.8) is 0 Å². The first kappa shape index (κ1) is 12.0. The van der Waals surface area contributed by atoms with Gasteiger partial charge in [0.1, 0.15) is 5.82 Å². The smallest absolute Gasteiger partial charge is 0.124 e. The molecule has 16 heavy (non-hydrogen) atoms. The summed E-state index contributed by atoms with van der Waals surface area (Å²) in [7, 11) is 0. The highest BCUT2D eigenvalue weighted by Crippen LogP contribution is 2.20. The predicted molar refractivity (Wildman–Crippen MR) is 64.8 cm³/mol. The Bertz CT molecular complexity index is 346. The zero-order valence-electron chi connectivity index (χ0n) is 8.96. The number of nitrogens with two attached hydrogens (primary N) is 1. The van der Waals surface area contributed by atoms with Crippen molar-refractivity contribution in [1.82, 2.24) is 0 Å². The van der Waals surface area contributed by atoms with Crippen LogP contribution in [0.2, 0.25) is 0 Å². The molecule has 1 aromatic rings. The SMILES string of the molecule is NC(Cc1cc(F)cc(Br)c1)C1CCCO1. The Morgan fingerprint density at radius 1 is 1.50 bits per heavy atom. The van der Waals surface area contributed by atoms with Gasteiger partial charge in [-0.05, 0) is 43.0 Å². The molecule has 0 saturated carbocycles. The van der Waals surface area contributed by atoms with Gasteiger partial charge < -0.3 is 10.5 Å². The van der Waals surface area contributed by atoms with Crippen LogP contribution in [0.4, 0.5) is 4.39 Å². The first-order chi connectivity index (χ1) is 7.65. The van der Waals surface area contributed by atoms with Crippen molar-refractivity contribution in [3.05, 3.63) is 34.1 Å². The maximum atomic E-state index is 13.2. The number of benzene rings is 1. The molecule has 1 aliphatic rings. The fourth-order valence-electron chi connectivity index (χ4n) is 2.07. The van der Waals surface area contributed by atoms with E-state index >= 15 is 0 Å². The third-order valence-electron chi connectivity index (χ3n) is 2.84. The zero-order chi connectivity index (χ0) is 11.5. The molecule has 1 aliphatic heterocycles. The Kier molecular flexibility index (Phi) is 3.95. The molecule has 1 aromatic carbocycles. The van der Waals surface area contributed by atoms with Gasteiger partial charge in [0.25, 0.3) is 0 Å². The molecule has 2 rings (SSSR count). The number of ether oxygens (including phenoxy) is 1. The van der Waals surface area contributed by atoms with Gasteiger partial charge in [-0.2, -0.15) is 0 Å². The van der Waals surface area contributed by atoms with Crippen LogP contribution >= 0.6 is 15.9 Å². The number of halogens is 2. The highest BCUT2D eigenvalue weighted by Gasteiger charge is 2.23. The molecule has 1 fully saturated rings. The minimum absolute atomic E-state index is 0.0452. The second-order valence-corrected chi connectivity index (χ2v) is 5.11. The molecule has 0 aromatic heterocycles. The highest BCUT2D eigenvalue weighted by atomic mass is 79.9. The summed E-state index contributed by atoms with van der Waals surface area (Å²) in [4.78, 5) is 0. The number of rotatable bonds is 3. The van der Waals surface area contributed by atoms with E-state index in [1.807, 2.05) is 6.07 Å². The molecule has 1 saturated heterocycles. The van der Waals surface area contributed by atoms with Gasteiger partial charge in [-0.3, -0.25) is 0 Å². The normalized spacial score (nSPS) is 22.3. The van der Waals surface area contributed by atoms with E-state index in [1.165, 1.54) is 12.1 Å². The Labute approximate surface area is 103 Å². The molecule has 1 heterocycles. The van der Waals surface area contributed by atoms with Crippen molar-refractivity contribution in [2.24, 2.45) is 5.73 Å². The van der Waals surface area contributed by atoms with E-state index in [-0.39, 0.29) is 18.0 Å². The molecular formula is C12H15BrFNO. The summed E-state index contributed by atoms with van der Waals surface area (Å²) in [5.74, 6) is -0.232. The fraction of sp³-hybridized carbons (Fsp3) is 0.500. The molecule has 2 nitrogen and oxygen atoms in total. The van der Waals surface area contributed by atoms with E-state index in [1.54, 1.807) is 0 Å². The van der Waals surface area contributed by atoms with Crippen LogP contribution in [0, 0.1) is 5.82 Å². The molecule has 2 unspecified atom stereocenters. The maximum absolute atomic E-state index is 13.2. The lowest BCUT2D eigenvalue weighted by Gasteiger charge is -2.18. The summed E-state index contributed by atoms with van der Waals surface area (Å²) in [5.41, 5.74) is 6.96. The van der Waals surface area contributed by atoms with E-state index in [4.69, 9.17) is 10.5 Å². The molecule has 0 aliphatic carbocycles. The Balaban J connectivity index is 2.02. The van der Waals surface area contributed by atoms with Crippen LogP contribution in [0.3, 0.4) is 0 Å². The lowest BCUT2D eigenvalue weighted by molar-refractivity contribution is 0.0900. The van der Waals surface area contributed by atoms with Crippen LogP contribution in [-0.2, 0) is 11.2 Å². The first-order valence-corrected chi connectivity index (χ1v) is 6.26. The van der Waals surface area contributed by atoms with E-state index < -0.39 is 0 Å². The average Bonchev–Trinajstić information content (AvgIpc) is 2.68. The summed E-state index contributed by atoms with van der Waals surface area (Å²) >= 11 is 3.27. The molecule has 0 amide bonds. The molecule has 88 valence electrons. The predicted octanol–water partition coefficient (Wildman–Crippen LogP) is 2.64. The van der Waals surface area contributed by atoms with E-state index in [0.29, 0.717) is 6.42 Å². The van der Waals surface area contributed by atoms with Crippen molar-refractivity contribution in [2.75, 3.05) is 6.61 Å². The summed E-state index contributed by atoms with van der Waals surface area (Å²) in [5, 5.41) is 0. The van der Waals surface area contributed by atoms with E-state index in [9.17, 15) is 4.39 Å². The minimum atomic E-state index is -0.232. The summed E-state index contributed by atoms with van der Waals surface area (Å²) in [6, 6.07) is 4.83. The molecule has 0 radical (unpaired) electrons. The Hall–Kier alpha value is -0.450. The fourth-order valence-corrected chi connectivity index (χ4v) is 2.59. The third kappa shape index (κ3) is 3.03. The van der Waals surface area contributed by atoms with Crippen LogP contribution in [0.5, 0.6) is 0 Å². The van der Waals surface area contributed by atoms with Gasteiger partial charge in [0.05, 0.1) is 6.10 Å². The number of hydrogen-bond donors (Lipinski definition) is 1. The van der Waals surface area contributed by atoms with Crippen LogP contribution in [0.1, 0.15) is 18.4 Å². The van der Waals surface area contributed by atoms with Gasteiger partial charge in [0.2, 0.25) is 0 Å². The Morgan fingerprint density at radius 3 is 2.94 bits per heavy atom. The second-order valence-electron chi connectivity index (χ2n) is 4.20. The molecule has 0 spiro atoms. The number of hydrogen-bond acceptors (Lipinski definition) is 2. The Morgan fingerprint density at radius 2 is 2.31 bits per heavy atom. The van der Waals surface area contributed by atoms with Crippen molar-refractivity contribution in [3.8, 4) is 0 Å². The van der Waals surface area contributed by atoms with Crippen LogP contribution in [-0.4, -0.2) is 18.8 Å². The molecule has 0 bridgehead atoms. The minimum Gasteiger partial charge on any atom is -0.377 e. The first-order valence-electron chi connectivity index (χ1n) is 5.47. The topological polar surface area (TPSA) is 35.2 Å². The van der Waals surface area contributed by atoms with Crippen LogP contribution < -0.4 is 5.73 Å². The van der Waals surface area contributed by atoms with Gasteiger partial charge in [-0.1, -0.05) is 15.9 Å². The molecular weight excluding hydrogens is 273 g/mol. The third-order valence-corrected chi connectivity index (χ3v) is 3.29. The summed E-state index contributed by atoms with van der Waals surface area (Å²) in [6.07, 6.45) is 2.87. The van der Waals surface area contributed by atoms with E-state index in [2.05, 4.69) is 15.9 Å².